The van der Waals surface area contributed by atoms with Crippen LogP contribution in [0.25, 0.3) is 10.9 Å². The maximum Gasteiger partial charge on any atom is 0.416 e. The molecule has 2 aromatic rings. The van der Waals surface area contributed by atoms with Gasteiger partial charge in [0.2, 0.25) is 5.52 Å². The lowest BCUT2D eigenvalue weighted by Crippen LogP contribution is -2.29. The molecule has 0 bridgehead atoms. The molecule has 0 unspecified atom stereocenters. The topological polar surface area (TPSA) is 7.12 Å². The van der Waals surface area contributed by atoms with Gasteiger partial charge in [-0.15, -0.1) is 0 Å². The smallest absolute Gasteiger partial charge is 0.377 e. The highest BCUT2D eigenvalue weighted by molar-refractivity contribution is 5.89. The monoisotopic (exact) mass is 255 g/mol. The molecule has 0 fully saturated rings. The number of fused-ring (bicyclic) bond motifs is 1. The number of rotatable bonds is 1. The van der Waals surface area contributed by atoms with Crippen molar-refractivity contribution in [1.29, 1.82) is 0 Å². The second-order valence-corrected chi connectivity index (χ2v) is 4.44. The fraction of sp³-hybridized carbons (Fsp3) is 0.308. The molecule has 5 heteroatoms. The highest BCUT2D eigenvalue weighted by atomic mass is 19.4. The number of halogens is 3. The Morgan fingerprint density at radius 3 is 2.33 bits per heavy atom. The third-order valence-electron chi connectivity index (χ3n) is 2.92. The van der Waals surface area contributed by atoms with E-state index in [9.17, 15) is 13.2 Å². The summed E-state index contributed by atoms with van der Waals surface area (Å²) in [7, 11) is 5.47. The molecule has 0 saturated heterocycles. The van der Waals surface area contributed by atoms with Crippen molar-refractivity contribution in [3.05, 3.63) is 36.0 Å². The van der Waals surface area contributed by atoms with Gasteiger partial charge in [-0.1, -0.05) is 0 Å². The molecule has 0 amide bonds. The Balaban J connectivity index is 2.74. The van der Waals surface area contributed by atoms with E-state index in [2.05, 4.69) is 0 Å². The largest absolute Gasteiger partial charge is 0.416 e. The molecule has 0 atom stereocenters. The molecule has 0 radical (unpaired) electrons. The van der Waals surface area contributed by atoms with Gasteiger partial charge in [-0.3, -0.25) is 0 Å². The van der Waals surface area contributed by atoms with Crippen LogP contribution in [0.5, 0.6) is 0 Å². The summed E-state index contributed by atoms with van der Waals surface area (Å²) in [5.41, 5.74) is 0.842. The predicted molar refractivity (Wildman–Crippen MR) is 64.5 cm³/mol. The Morgan fingerprint density at radius 2 is 1.78 bits per heavy atom. The van der Waals surface area contributed by atoms with Gasteiger partial charge in [0.1, 0.15) is 7.05 Å². The molecular formula is C13H14F3N2+. The summed E-state index contributed by atoms with van der Waals surface area (Å²) in [4.78, 5) is 1.88. The van der Waals surface area contributed by atoms with Crippen LogP contribution in [0.1, 0.15) is 5.56 Å². The zero-order valence-electron chi connectivity index (χ0n) is 10.4. The summed E-state index contributed by atoms with van der Waals surface area (Å²) in [5, 5.41) is 0.804. The van der Waals surface area contributed by atoms with Gasteiger partial charge in [-0.25, -0.2) is 4.57 Å². The zero-order chi connectivity index (χ0) is 13.5. The number of hydrogen-bond acceptors (Lipinski definition) is 1. The Hall–Kier alpha value is -1.78. The molecule has 2 rings (SSSR count). The second kappa shape index (κ2) is 4.15. The first-order valence-electron chi connectivity index (χ1n) is 5.47. The minimum Gasteiger partial charge on any atom is -0.377 e. The Bertz CT molecular complexity index is 589. The summed E-state index contributed by atoms with van der Waals surface area (Å²) >= 11 is 0. The van der Waals surface area contributed by atoms with Crippen molar-refractivity contribution in [3.63, 3.8) is 0 Å². The highest BCUT2D eigenvalue weighted by Gasteiger charge is 2.31. The molecule has 18 heavy (non-hydrogen) atoms. The van der Waals surface area contributed by atoms with E-state index in [1.54, 1.807) is 17.8 Å². The number of benzene rings is 1. The first-order valence-corrected chi connectivity index (χ1v) is 5.47. The van der Waals surface area contributed by atoms with Crippen molar-refractivity contribution in [2.45, 2.75) is 6.18 Å². The van der Waals surface area contributed by atoms with Crippen LogP contribution in [0.3, 0.4) is 0 Å². The van der Waals surface area contributed by atoms with Crippen LogP contribution >= 0.6 is 0 Å². The maximum atomic E-state index is 12.7. The number of anilines is 1. The molecule has 0 saturated carbocycles. The van der Waals surface area contributed by atoms with Crippen molar-refractivity contribution in [2.24, 2.45) is 7.05 Å². The third kappa shape index (κ3) is 2.12. The van der Waals surface area contributed by atoms with Crippen LogP contribution in [-0.4, -0.2) is 14.1 Å². The zero-order valence-corrected chi connectivity index (χ0v) is 10.4. The fourth-order valence-electron chi connectivity index (χ4n) is 1.96. The van der Waals surface area contributed by atoms with Gasteiger partial charge in [0, 0.05) is 26.2 Å². The van der Waals surface area contributed by atoms with Gasteiger partial charge in [-0.05, 0) is 12.1 Å². The average Bonchev–Trinajstić information content (AvgIpc) is 2.27. The molecule has 0 aliphatic carbocycles. The average molecular weight is 255 g/mol. The first kappa shape index (κ1) is 12.7. The van der Waals surface area contributed by atoms with Crippen molar-refractivity contribution in [1.82, 2.24) is 0 Å². The number of aryl methyl sites for hydroxylation is 1. The first-order chi connectivity index (χ1) is 8.30. The molecule has 0 aliphatic rings. The molecule has 1 heterocycles. The van der Waals surface area contributed by atoms with Crippen LogP contribution in [0.4, 0.5) is 18.9 Å². The normalized spacial score (nSPS) is 11.9. The minimum absolute atomic E-state index is 0.566. The van der Waals surface area contributed by atoms with Crippen LogP contribution < -0.4 is 9.47 Å². The maximum absolute atomic E-state index is 12.7. The van der Waals surface area contributed by atoms with Crippen LogP contribution in [0.2, 0.25) is 0 Å². The van der Waals surface area contributed by atoms with Crippen LogP contribution in [0, 0.1) is 0 Å². The summed E-state index contributed by atoms with van der Waals surface area (Å²) in [6.07, 6.45) is -2.55. The van der Waals surface area contributed by atoms with Gasteiger partial charge in [0.05, 0.1) is 16.6 Å². The van der Waals surface area contributed by atoms with Crippen molar-refractivity contribution >= 4 is 16.6 Å². The molecular weight excluding hydrogens is 241 g/mol. The predicted octanol–water partition coefficient (Wildman–Crippen LogP) is 2.75. The molecule has 0 aliphatic heterocycles. The van der Waals surface area contributed by atoms with E-state index in [0.29, 0.717) is 5.52 Å². The van der Waals surface area contributed by atoms with Crippen LogP contribution in [0.15, 0.2) is 30.5 Å². The lowest BCUT2D eigenvalue weighted by molar-refractivity contribution is -0.644. The van der Waals surface area contributed by atoms with Gasteiger partial charge < -0.3 is 4.90 Å². The van der Waals surface area contributed by atoms with E-state index >= 15 is 0 Å². The van der Waals surface area contributed by atoms with E-state index in [-0.39, 0.29) is 0 Å². The lowest BCUT2D eigenvalue weighted by atomic mass is 10.1. The number of aromatic nitrogens is 1. The molecule has 0 spiro atoms. The number of alkyl halides is 3. The summed E-state index contributed by atoms with van der Waals surface area (Å²) in [6, 6.07) is 5.71. The molecule has 1 aromatic heterocycles. The molecule has 96 valence electrons. The number of pyridine rings is 1. The Labute approximate surface area is 103 Å². The molecule has 1 aromatic carbocycles. The number of nitrogens with zero attached hydrogens (tertiary/aromatic N) is 2. The van der Waals surface area contributed by atoms with Gasteiger partial charge in [0.25, 0.3) is 0 Å². The fourth-order valence-corrected chi connectivity index (χ4v) is 1.96. The minimum atomic E-state index is -4.31. The SMILES string of the molecule is CN(C)c1cc[n+](C)c2cc(C(F)(F)F)ccc12. The summed E-state index contributed by atoms with van der Waals surface area (Å²) < 4.78 is 39.8. The van der Waals surface area contributed by atoms with Crippen molar-refractivity contribution < 1.29 is 17.7 Å². The standard InChI is InChI=1S/C13H14F3N2/c1-17(2)11-6-7-18(3)12-8-9(13(14,15)16)4-5-10(11)12/h4-8H,1-3H3/q+1. The molecule has 2 nitrogen and oxygen atoms in total. The third-order valence-corrected chi connectivity index (χ3v) is 2.92. The highest BCUT2D eigenvalue weighted by Crippen LogP contribution is 2.32. The Morgan fingerprint density at radius 1 is 1.11 bits per heavy atom. The lowest BCUT2D eigenvalue weighted by Gasteiger charge is -2.14. The quantitative estimate of drug-likeness (QED) is 0.711. The summed E-state index contributed by atoms with van der Waals surface area (Å²) in [5.74, 6) is 0. The second-order valence-electron chi connectivity index (χ2n) is 4.44. The van der Waals surface area contributed by atoms with E-state index in [0.717, 1.165) is 17.1 Å². The number of hydrogen-bond donors (Lipinski definition) is 0. The van der Waals surface area contributed by atoms with Gasteiger partial charge in [0.15, 0.2) is 6.20 Å². The van der Waals surface area contributed by atoms with Crippen LogP contribution in [-0.2, 0) is 13.2 Å². The Kier molecular flexibility index (Phi) is 2.92. The van der Waals surface area contributed by atoms with Gasteiger partial charge >= 0.3 is 6.18 Å². The van der Waals surface area contributed by atoms with E-state index in [4.69, 9.17) is 0 Å². The van der Waals surface area contributed by atoms with Gasteiger partial charge in [-0.2, -0.15) is 13.2 Å². The van der Waals surface area contributed by atoms with E-state index in [1.807, 2.05) is 25.1 Å². The molecule has 0 N–H and O–H groups in total. The van der Waals surface area contributed by atoms with E-state index in [1.165, 1.54) is 12.1 Å². The van der Waals surface area contributed by atoms with Crippen molar-refractivity contribution in [2.75, 3.05) is 19.0 Å². The summed E-state index contributed by atoms with van der Waals surface area (Å²) in [6.45, 7) is 0. The van der Waals surface area contributed by atoms with Crippen molar-refractivity contribution in [3.8, 4) is 0 Å². The van der Waals surface area contributed by atoms with E-state index < -0.39 is 11.7 Å².